The van der Waals surface area contributed by atoms with Gasteiger partial charge < -0.3 is 10.0 Å². The lowest BCUT2D eigenvalue weighted by molar-refractivity contribution is 0.0584. The van der Waals surface area contributed by atoms with E-state index in [9.17, 15) is 5.11 Å². The van der Waals surface area contributed by atoms with Gasteiger partial charge in [0, 0.05) is 25.2 Å². The van der Waals surface area contributed by atoms with Gasteiger partial charge in [0.2, 0.25) is 0 Å². The van der Waals surface area contributed by atoms with Gasteiger partial charge in [0.25, 0.3) is 0 Å². The van der Waals surface area contributed by atoms with Crippen LogP contribution in [-0.4, -0.2) is 53.3 Å². The average Bonchev–Trinajstić information content (AvgIpc) is 3.11. The summed E-state index contributed by atoms with van der Waals surface area (Å²) in [5.41, 5.74) is 0.232. The fourth-order valence-electron chi connectivity index (χ4n) is 3.63. The molecular formula is C14H22BrN3OS. The van der Waals surface area contributed by atoms with Crippen molar-refractivity contribution >= 4 is 32.4 Å². The number of anilines is 1. The molecule has 2 fully saturated rings. The molecular weight excluding hydrogens is 338 g/mol. The first kappa shape index (κ1) is 14.8. The number of hydrogen-bond acceptors (Lipinski definition) is 5. The van der Waals surface area contributed by atoms with Crippen molar-refractivity contribution in [1.29, 1.82) is 0 Å². The number of nitrogens with zero attached hydrogens (tertiary/aromatic N) is 3. The van der Waals surface area contributed by atoms with Gasteiger partial charge in [-0.25, -0.2) is 4.98 Å². The second-order valence-electron chi connectivity index (χ2n) is 5.83. The van der Waals surface area contributed by atoms with Crippen LogP contribution in [0, 0.1) is 0 Å². The summed E-state index contributed by atoms with van der Waals surface area (Å²) in [5.74, 6) is 0. The van der Waals surface area contributed by atoms with Gasteiger partial charge in [0.1, 0.15) is 0 Å². The van der Waals surface area contributed by atoms with Crippen molar-refractivity contribution in [2.24, 2.45) is 0 Å². The lowest BCUT2D eigenvalue weighted by atomic mass is 9.83. The third kappa shape index (κ3) is 2.89. The van der Waals surface area contributed by atoms with Gasteiger partial charge >= 0.3 is 0 Å². The molecule has 1 aromatic rings. The maximum Gasteiger partial charge on any atom is 0.186 e. The number of piperidine rings is 1. The first-order chi connectivity index (χ1) is 9.73. The maximum absolute atomic E-state index is 9.47. The SMILES string of the molecule is OCCC1(N2CCCC2)CCN(c2ncc(Br)s2)CC1. The minimum atomic E-state index is 0.232. The first-order valence-electron chi connectivity index (χ1n) is 7.46. The Morgan fingerprint density at radius 2 is 1.95 bits per heavy atom. The summed E-state index contributed by atoms with van der Waals surface area (Å²) in [5, 5.41) is 10.6. The molecule has 0 spiro atoms. The predicted octanol–water partition coefficient (Wildman–Crippen LogP) is 2.72. The molecule has 20 heavy (non-hydrogen) atoms. The molecule has 2 aliphatic heterocycles. The Labute approximate surface area is 132 Å². The van der Waals surface area contributed by atoms with Crippen molar-refractivity contribution in [3.8, 4) is 0 Å². The summed E-state index contributed by atoms with van der Waals surface area (Å²) >= 11 is 5.20. The van der Waals surface area contributed by atoms with E-state index in [0.29, 0.717) is 6.61 Å². The van der Waals surface area contributed by atoms with Gasteiger partial charge in [-0.15, -0.1) is 0 Å². The fourth-order valence-corrected chi connectivity index (χ4v) is 4.86. The predicted molar refractivity (Wildman–Crippen MR) is 86.5 cm³/mol. The van der Waals surface area contributed by atoms with E-state index in [-0.39, 0.29) is 5.54 Å². The Hall–Kier alpha value is -0.170. The fraction of sp³-hybridized carbons (Fsp3) is 0.786. The minimum Gasteiger partial charge on any atom is -0.396 e. The topological polar surface area (TPSA) is 39.6 Å². The highest BCUT2D eigenvalue weighted by molar-refractivity contribution is 9.11. The highest BCUT2D eigenvalue weighted by atomic mass is 79.9. The molecule has 3 heterocycles. The normalized spacial score (nSPS) is 23.4. The molecule has 0 amide bonds. The quantitative estimate of drug-likeness (QED) is 0.896. The molecule has 0 atom stereocenters. The summed E-state index contributed by atoms with van der Waals surface area (Å²) < 4.78 is 1.10. The summed E-state index contributed by atoms with van der Waals surface area (Å²) in [6.07, 6.45) is 7.72. The molecule has 0 saturated carbocycles. The lowest BCUT2D eigenvalue weighted by Gasteiger charge is -2.47. The Kier molecular flexibility index (Phi) is 4.65. The molecule has 0 bridgehead atoms. The van der Waals surface area contributed by atoms with E-state index in [2.05, 4.69) is 30.7 Å². The third-order valence-electron chi connectivity index (χ3n) is 4.78. The molecule has 0 aromatic carbocycles. The van der Waals surface area contributed by atoms with E-state index in [1.807, 2.05) is 6.20 Å². The number of likely N-dealkylation sites (tertiary alicyclic amines) is 1. The zero-order valence-electron chi connectivity index (χ0n) is 11.7. The van der Waals surface area contributed by atoms with Crippen molar-refractivity contribution in [2.45, 2.75) is 37.6 Å². The molecule has 112 valence electrons. The van der Waals surface area contributed by atoms with Crippen molar-refractivity contribution in [3.05, 3.63) is 9.98 Å². The number of hydrogen-bond donors (Lipinski definition) is 1. The van der Waals surface area contributed by atoms with E-state index in [1.54, 1.807) is 11.3 Å². The second kappa shape index (κ2) is 6.30. The van der Waals surface area contributed by atoms with Crippen LogP contribution in [0.2, 0.25) is 0 Å². The van der Waals surface area contributed by atoms with Crippen LogP contribution in [0.3, 0.4) is 0 Å². The average molecular weight is 360 g/mol. The number of aromatic nitrogens is 1. The van der Waals surface area contributed by atoms with Crippen LogP contribution < -0.4 is 4.90 Å². The molecule has 4 nitrogen and oxygen atoms in total. The van der Waals surface area contributed by atoms with Crippen molar-refractivity contribution < 1.29 is 5.11 Å². The van der Waals surface area contributed by atoms with Gasteiger partial charge in [0.05, 0.1) is 9.98 Å². The van der Waals surface area contributed by atoms with E-state index < -0.39 is 0 Å². The van der Waals surface area contributed by atoms with Crippen LogP contribution in [0.15, 0.2) is 9.98 Å². The van der Waals surface area contributed by atoms with E-state index >= 15 is 0 Å². The number of thiazole rings is 1. The largest absolute Gasteiger partial charge is 0.396 e. The van der Waals surface area contributed by atoms with E-state index in [0.717, 1.165) is 41.3 Å². The molecule has 0 unspecified atom stereocenters. The van der Waals surface area contributed by atoms with Crippen LogP contribution in [0.1, 0.15) is 32.1 Å². The Balaban J connectivity index is 1.68. The number of halogens is 1. The van der Waals surface area contributed by atoms with Crippen molar-refractivity contribution in [1.82, 2.24) is 9.88 Å². The van der Waals surface area contributed by atoms with Crippen molar-refractivity contribution in [2.75, 3.05) is 37.7 Å². The molecule has 2 saturated heterocycles. The minimum absolute atomic E-state index is 0.232. The lowest BCUT2D eigenvalue weighted by Crippen LogP contribution is -2.55. The maximum atomic E-state index is 9.47. The van der Waals surface area contributed by atoms with E-state index in [4.69, 9.17) is 0 Å². The Bertz CT molecular complexity index is 439. The molecule has 0 aliphatic carbocycles. The number of aliphatic hydroxyl groups excluding tert-OH is 1. The summed E-state index contributed by atoms with van der Waals surface area (Å²) in [7, 11) is 0. The summed E-state index contributed by atoms with van der Waals surface area (Å²) in [6, 6.07) is 0. The zero-order chi connectivity index (χ0) is 14.0. The van der Waals surface area contributed by atoms with Gasteiger partial charge in [-0.2, -0.15) is 0 Å². The molecule has 3 rings (SSSR count). The van der Waals surface area contributed by atoms with Gasteiger partial charge in [0.15, 0.2) is 5.13 Å². The summed E-state index contributed by atoms with van der Waals surface area (Å²) in [6.45, 7) is 4.83. The van der Waals surface area contributed by atoms with Crippen LogP contribution in [0.25, 0.3) is 0 Å². The van der Waals surface area contributed by atoms with Crippen molar-refractivity contribution in [3.63, 3.8) is 0 Å². The smallest absolute Gasteiger partial charge is 0.186 e. The standard InChI is InChI=1S/C14H22BrN3OS/c15-12-11-16-13(20-12)17-8-3-14(4-9-17,5-10-19)18-6-1-2-7-18/h11,19H,1-10H2. The number of aliphatic hydroxyl groups is 1. The highest BCUT2D eigenvalue weighted by Gasteiger charge is 2.40. The molecule has 2 aliphatic rings. The molecule has 0 radical (unpaired) electrons. The first-order valence-corrected chi connectivity index (χ1v) is 9.07. The molecule has 1 aromatic heterocycles. The summed E-state index contributed by atoms with van der Waals surface area (Å²) in [4.78, 5) is 9.49. The van der Waals surface area contributed by atoms with E-state index in [1.165, 1.54) is 25.9 Å². The van der Waals surface area contributed by atoms with Gasteiger partial charge in [-0.3, -0.25) is 4.90 Å². The van der Waals surface area contributed by atoms with Crippen LogP contribution >= 0.6 is 27.3 Å². The Morgan fingerprint density at radius 1 is 1.25 bits per heavy atom. The zero-order valence-corrected chi connectivity index (χ0v) is 14.1. The molecule has 6 heteroatoms. The molecule has 1 N–H and O–H groups in total. The highest BCUT2D eigenvalue weighted by Crippen LogP contribution is 2.37. The number of rotatable bonds is 4. The van der Waals surface area contributed by atoms with Crippen LogP contribution in [0.4, 0.5) is 5.13 Å². The van der Waals surface area contributed by atoms with Gasteiger partial charge in [-0.05, 0) is 61.1 Å². The monoisotopic (exact) mass is 359 g/mol. The van der Waals surface area contributed by atoms with Crippen LogP contribution in [-0.2, 0) is 0 Å². The second-order valence-corrected chi connectivity index (χ2v) is 8.21. The van der Waals surface area contributed by atoms with Gasteiger partial charge in [-0.1, -0.05) is 11.3 Å². The third-order valence-corrected chi connectivity index (χ3v) is 6.32. The Morgan fingerprint density at radius 3 is 2.50 bits per heavy atom. The van der Waals surface area contributed by atoms with Crippen LogP contribution in [0.5, 0.6) is 0 Å².